The van der Waals surface area contributed by atoms with E-state index in [0.717, 1.165) is 12.2 Å². The van der Waals surface area contributed by atoms with Crippen molar-refractivity contribution in [2.24, 2.45) is 0 Å². The fraction of sp³-hybridized carbons (Fsp3) is 0.571. The van der Waals surface area contributed by atoms with Gasteiger partial charge in [-0.25, -0.2) is 0 Å². The molecule has 15 heavy (non-hydrogen) atoms. The highest BCUT2D eigenvalue weighted by Crippen LogP contribution is 2.23. The molecule has 1 saturated carbocycles. The van der Waals surface area contributed by atoms with E-state index in [2.05, 4.69) is 31.2 Å². The van der Waals surface area contributed by atoms with Crippen LogP contribution in [0.15, 0.2) is 24.3 Å². The molecule has 0 bridgehead atoms. The van der Waals surface area contributed by atoms with Crippen molar-refractivity contribution in [1.29, 1.82) is 0 Å². The molecule has 1 aromatic carbocycles. The van der Waals surface area contributed by atoms with Crippen LogP contribution in [0.3, 0.4) is 0 Å². The van der Waals surface area contributed by atoms with Gasteiger partial charge in [0.1, 0.15) is 5.75 Å². The van der Waals surface area contributed by atoms with E-state index in [1.165, 1.54) is 37.7 Å². The number of ether oxygens (including phenoxy) is 1. The smallest absolute Gasteiger partial charge is 0.119 e. The Morgan fingerprint density at radius 3 is 2.73 bits per heavy atom. The fourth-order valence-electron chi connectivity index (χ4n) is 2.21. The molecule has 0 aliphatic heterocycles. The van der Waals surface area contributed by atoms with Gasteiger partial charge >= 0.3 is 0 Å². The summed E-state index contributed by atoms with van der Waals surface area (Å²) in [5, 5.41) is 0. The second kappa shape index (κ2) is 5.20. The number of benzene rings is 1. The summed E-state index contributed by atoms with van der Waals surface area (Å²) in [4.78, 5) is 0. The third-order valence-corrected chi connectivity index (χ3v) is 3.16. The summed E-state index contributed by atoms with van der Waals surface area (Å²) in [5.74, 6) is 1.06. The summed E-state index contributed by atoms with van der Waals surface area (Å²) >= 11 is 0. The van der Waals surface area contributed by atoms with E-state index in [0.29, 0.717) is 6.10 Å². The van der Waals surface area contributed by atoms with Crippen LogP contribution in [0.4, 0.5) is 0 Å². The quantitative estimate of drug-likeness (QED) is 0.724. The molecule has 2 rings (SSSR count). The van der Waals surface area contributed by atoms with Gasteiger partial charge < -0.3 is 4.74 Å². The lowest BCUT2D eigenvalue weighted by Crippen LogP contribution is -2.19. The average Bonchev–Trinajstić information content (AvgIpc) is 2.31. The van der Waals surface area contributed by atoms with Gasteiger partial charge in [0.05, 0.1) is 6.10 Å². The van der Waals surface area contributed by atoms with Gasteiger partial charge in [-0.2, -0.15) is 0 Å². The maximum Gasteiger partial charge on any atom is 0.119 e. The Balaban J connectivity index is 1.96. The van der Waals surface area contributed by atoms with Gasteiger partial charge in [-0.1, -0.05) is 25.5 Å². The second-order valence-corrected chi connectivity index (χ2v) is 4.38. The Hall–Kier alpha value is -0.980. The molecule has 1 nitrogen and oxygen atoms in total. The van der Waals surface area contributed by atoms with E-state index in [1.807, 2.05) is 0 Å². The largest absolute Gasteiger partial charge is 0.490 e. The molecule has 0 heterocycles. The van der Waals surface area contributed by atoms with E-state index in [-0.39, 0.29) is 0 Å². The first-order chi connectivity index (χ1) is 7.38. The molecule has 0 atom stereocenters. The summed E-state index contributed by atoms with van der Waals surface area (Å²) < 4.78 is 6.00. The summed E-state index contributed by atoms with van der Waals surface area (Å²) in [6.07, 6.45) is 8.06. The minimum absolute atomic E-state index is 0.464. The van der Waals surface area contributed by atoms with Crippen molar-refractivity contribution in [3.63, 3.8) is 0 Å². The topological polar surface area (TPSA) is 9.23 Å². The van der Waals surface area contributed by atoms with Crippen molar-refractivity contribution < 1.29 is 4.74 Å². The first-order valence-electron chi connectivity index (χ1n) is 6.14. The van der Waals surface area contributed by atoms with Crippen LogP contribution in [0.25, 0.3) is 0 Å². The summed E-state index contributed by atoms with van der Waals surface area (Å²) in [6.45, 7) is 2.18. The molecular formula is C14H20O. The molecule has 0 radical (unpaired) electrons. The summed E-state index contributed by atoms with van der Waals surface area (Å²) in [5.41, 5.74) is 1.36. The Morgan fingerprint density at radius 2 is 2.00 bits per heavy atom. The third-order valence-electron chi connectivity index (χ3n) is 3.16. The number of hydrogen-bond acceptors (Lipinski definition) is 1. The van der Waals surface area contributed by atoms with Crippen molar-refractivity contribution in [2.45, 2.75) is 51.6 Å². The molecule has 1 aromatic rings. The molecule has 0 saturated heterocycles. The van der Waals surface area contributed by atoms with Crippen LogP contribution in [0.1, 0.15) is 44.6 Å². The van der Waals surface area contributed by atoms with Gasteiger partial charge in [0, 0.05) is 0 Å². The van der Waals surface area contributed by atoms with Gasteiger partial charge in [-0.15, -0.1) is 0 Å². The SMILES string of the molecule is CCc1cccc(OC2CCCCC2)c1. The summed E-state index contributed by atoms with van der Waals surface area (Å²) in [7, 11) is 0. The molecule has 0 N–H and O–H groups in total. The van der Waals surface area contributed by atoms with Crippen LogP contribution < -0.4 is 4.74 Å². The van der Waals surface area contributed by atoms with Crippen LogP contribution >= 0.6 is 0 Å². The zero-order valence-corrected chi connectivity index (χ0v) is 9.54. The maximum atomic E-state index is 6.00. The normalized spacial score (nSPS) is 17.7. The standard InChI is InChI=1S/C14H20O/c1-2-12-7-6-10-14(11-12)15-13-8-4-3-5-9-13/h6-7,10-11,13H,2-5,8-9H2,1H3. The van der Waals surface area contributed by atoms with E-state index in [4.69, 9.17) is 4.74 Å². The maximum absolute atomic E-state index is 6.00. The molecule has 82 valence electrons. The molecule has 1 heteroatoms. The first kappa shape index (κ1) is 10.5. The predicted octanol–water partition coefficient (Wildman–Crippen LogP) is 3.96. The van der Waals surface area contributed by atoms with E-state index < -0.39 is 0 Å². The van der Waals surface area contributed by atoms with Crippen molar-refractivity contribution in [3.8, 4) is 5.75 Å². The van der Waals surface area contributed by atoms with Gasteiger partial charge in [0.2, 0.25) is 0 Å². The van der Waals surface area contributed by atoms with Crippen molar-refractivity contribution >= 4 is 0 Å². The first-order valence-corrected chi connectivity index (χ1v) is 6.14. The van der Waals surface area contributed by atoms with Crippen LogP contribution in [0.5, 0.6) is 5.75 Å². The van der Waals surface area contributed by atoms with Crippen LogP contribution in [0.2, 0.25) is 0 Å². The lowest BCUT2D eigenvalue weighted by atomic mass is 9.98. The zero-order valence-electron chi connectivity index (χ0n) is 9.54. The lowest BCUT2D eigenvalue weighted by Gasteiger charge is -2.23. The molecule has 0 aromatic heterocycles. The highest BCUT2D eigenvalue weighted by Gasteiger charge is 2.14. The zero-order chi connectivity index (χ0) is 10.5. The predicted molar refractivity (Wildman–Crippen MR) is 63.3 cm³/mol. The van der Waals surface area contributed by atoms with Crippen molar-refractivity contribution in [2.75, 3.05) is 0 Å². The number of hydrogen-bond donors (Lipinski definition) is 0. The lowest BCUT2D eigenvalue weighted by molar-refractivity contribution is 0.155. The minimum atomic E-state index is 0.464. The number of rotatable bonds is 3. The second-order valence-electron chi connectivity index (χ2n) is 4.38. The van der Waals surface area contributed by atoms with Gasteiger partial charge in [-0.05, 0) is 49.8 Å². The molecule has 0 amide bonds. The average molecular weight is 204 g/mol. The Labute approximate surface area is 92.5 Å². The monoisotopic (exact) mass is 204 g/mol. The highest BCUT2D eigenvalue weighted by atomic mass is 16.5. The molecular weight excluding hydrogens is 184 g/mol. The van der Waals surface area contributed by atoms with Gasteiger partial charge in [-0.3, -0.25) is 0 Å². The molecule has 1 fully saturated rings. The third kappa shape index (κ3) is 2.98. The molecule has 1 aliphatic rings. The fourth-order valence-corrected chi connectivity index (χ4v) is 2.21. The number of aryl methyl sites for hydroxylation is 1. The van der Waals surface area contributed by atoms with Crippen LogP contribution in [-0.4, -0.2) is 6.10 Å². The van der Waals surface area contributed by atoms with Crippen LogP contribution in [0, 0.1) is 0 Å². The molecule has 0 unspecified atom stereocenters. The van der Waals surface area contributed by atoms with Crippen molar-refractivity contribution in [1.82, 2.24) is 0 Å². The van der Waals surface area contributed by atoms with Gasteiger partial charge in [0.15, 0.2) is 0 Å². The Kier molecular flexibility index (Phi) is 3.65. The van der Waals surface area contributed by atoms with E-state index >= 15 is 0 Å². The van der Waals surface area contributed by atoms with Gasteiger partial charge in [0.25, 0.3) is 0 Å². The van der Waals surface area contributed by atoms with E-state index in [1.54, 1.807) is 0 Å². The Bertz CT molecular complexity index is 300. The van der Waals surface area contributed by atoms with E-state index in [9.17, 15) is 0 Å². The Morgan fingerprint density at radius 1 is 1.20 bits per heavy atom. The highest BCUT2D eigenvalue weighted by molar-refractivity contribution is 5.28. The van der Waals surface area contributed by atoms with Crippen LogP contribution in [-0.2, 0) is 6.42 Å². The minimum Gasteiger partial charge on any atom is -0.490 e. The molecule has 0 spiro atoms. The van der Waals surface area contributed by atoms with Crippen molar-refractivity contribution in [3.05, 3.63) is 29.8 Å². The molecule has 1 aliphatic carbocycles. The summed E-state index contributed by atoms with van der Waals surface area (Å²) in [6, 6.07) is 8.51.